The van der Waals surface area contributed by atoms with Gasteiger partial charge >= 0.3 is 6.03 Å². The van der Waals surface area contributed by atoms with Gasteiger partial charge in [0.1, 0.15) is 4.21 Å². The number of urea groups is 1. The van der Waals surface area contributed by atoms with Crippen molar-refractivity contribution in [2.75, 3.05) is 45.0 Å². The summed E-state index contributed by atoms with van der Waals surface area (Å²) >= 11 is 1.11. The molecular formula is C21H32Cl2N4O5S3. The number of hydrogen-bond acceptors (Lipinski definition) is 8. The number of carbonyl (C=O) groups excluding carboxylic acids is 1. The number of nitrogens with one attached hydrogen (secondary N) is 1. The van der Waals surface area contributed by atoms with Crippen LogP contribution in [0.15, 0.2) is 50.4 Å². The number of sulfone groups is 2. The summed E-state index contributed by atoms with van der Waals surface area (Å²) in [6.45, 7) is 5.56. The molecule has 1 saturated heterocycles. The van der Waals surface area contributed by atoms with Crippen LogP contribution in [-0.4, -0.2) is 77.7 Å². The van der Waals surface area contributed by atoms with E-state index >= 15 is 0 Å². The van der Waals surface area contributed by atoms with Crippen molar-refractivity contribution < 1.29 is 21.6 Å². The van der Waals surface area contributed by atoms with Gasteiger partial charge in [0.15, 0.2) is 9.84 Å². The number of rotatable bonds is 8. The van der Waals surface area contributed by atoms with Gasteiger partial charge in [-0.15, -0.1) is 36.2 Å². The van der Waals surface area contributed by atoms with Gasteiger partial charge in [-0.3, -0.25) is 0 Å². The Bertz CT molecular complexity index is 1170. The molecule has 0 bridgehead atoms. The summed E-state index contributed by atoms with van der Waals surface area (Å²) in [5.74, 6) is -0.0783. The van der Waals surface area contributed by atoms with E-state index in [1.54, 1.807) is 11.0 Å². The first-order chi connectivity index (χ1) is 15.7. The third-order valence-corrected chi connectivity index (χ3v) is 10.6. The fraction of sp³-hybridized carbons (Fsp3) is 0.476. The van der Waals surface area contributed by atoms with Crippen LogP contribution in [0.2, 0.25) is 0 Å². The van der Waals surface area contributed by atoms with Crippen molar-refractivity contribution in [1.29, 1.82) is 0 Å². The molecule has 1 aromatic carbocycles. The van der Waals surface area contributed by atoms with Gasteiger partial charge in [0.2, 0.25) is 9.84 Å². The van der Waals surface area contributed by atoms with Crippen LogP contribution in [0.5, 0.6) is 0 Å². The van der Waals surface area contributed by atoms with Crippen LogP contribution >= 0.6 is 36.2 Å². The second-order valence-corrected chi connectivity index (χ2v) is 13.2. The molecule has 3 N–H and O–H groups in total. The molecule has 0 spiro atoms. The highest BCUT2D eigenvalue weighted by atomic mass is 35.5. The largest absolute Gasteiger partial charge is 0.338 e. The summed E-state index contributed by atoms with van der Waals surface area (Å²) in [5.41, 5.74) is 5.56. The summed E-state index contributed by atoms with van der Waals surface area (Å²) in [7, 11) is -7.30. The van der Waals surface area contributed by atoms with E-state index in [4.69, 9.17) is 5.73 Å². The minimum atomic E-state index is -3.72. The topological polar surface area (TPSA) is 130 Å². The van der Waals surface area contributed by atoms with Gasteiger partial charge in [-0.2, -0.15) is 0 Å². The van der Waals surface area contributed by atoms with E-state index in [1.165, 1.54) is 30.3 Å². The standard InChI is InChI=1S/C21H30N4O5S3.2ClH/c1-2-23-21(26)25-11-3-10-24(12-13-25)14-15-32(27,28)18-5-7-19(8-6-18)33(29,30)20-9-4-17(16-22)31-20;;/h4-9H,2-3,10-16,22H2,1H3,(H,23,26);2*1H. The highest BCUT2D eigenvalue weighted by Crippen LogP contribution is 2.28. The van der Waals surface area contributed by atoms with Crippen LogP contribution in [0.3, 0.4) is 0 Å². The Balaban J connectivity index is 0.00000306. The molecule has 0 radical (unpaired) electrons. The Hall–Kier alpha value is -1.41. The van der Waals surface area contributed by atoms with Gasteiger partial charge in [0.25, 0.3) is 0 Å². The monoisotopic (exact) mass is 586 g/mol. The predicted octanol–water partition coefficient (Wildman–Crippen LogP) is 2.39. The van der Waals surface area contributed by atoms with Gasteiger partial charge in [-0.25, -0.2) is 21.6 Å². The molecule has 1 aromatic heterocycles. The molecule has 14 heteroatoms. The van der Waals surface area contributed by atoms with Crippen molar-refractivity contribution in [1.82, 2.24) is 15.1 Å². The fourth-order valence-electron chi connectivity index (χ4n) is 3.58. The molecule has 2 heterocycles. The highest BCUT2D eigenvalue weighted by molar-refractivity contribution is 7.93. The van der Waals surface area contributed by atoms with Gasteiger partial charge in [0.05, 0.1) is 15.5 Å². The number of halogens is 2. The van der Waals surface area contributed by atoms with E-state index in [0.717, 1.165) is 22.6 Å². The molecule has 1 aliphatic heterocycles. The molecule has 9 nitrogen and oxygen atoms in total. The lowest BCUT2D eigenvalue weighted by atomic mass is 10.4. The van der Waals surface area contributed by atoms with Crippen LogP contribution in [0, 0.1) is 0 Å². The van der Waals surface area contributed by atoms with Gasteiger partial charge in [-0.1, -0.05) is 0 Å². The Morgan fingerprint density at radius 1 is 0.971 bits per heavy atom. The van der Waals surface area contributed by atoms with Crippen molar-refractivity contribution in [3.63, 3.8) is 0 Å². The molecule has 198 valence electrons. The first kappa shape index (κ1) is 31.6. The van der Waals surface area contributed by atoms with E-state index in [2.05, 4.69) is 5.32 Å². The fourth-order valence-corrected chi connectivity index (χ4v) is 7.50. The lowest BCUT2D eigenvalue weighted by molar-refractivity contribution is 0.199. The number of amides is 2. The SMILES string of the molecule is CCNC(=O)N1CCCN(CCS(=O)(=O)c2ccc(S(=O)(=O)c3ccc(CN)s3)cc2)CC1.Cl.Cl. The predicted molar refractivity (Wildman–Crippen MR) is 142 cm³/mol. The van der Waals surface area contributed by atoms with Crippen molar-refractivity contribution in [2.45, 2.75) is 33.9 Å². The normalized spacial score (nSPS) is 15.0. The summed E-state index contributed by atoms with van der Waals surface area (Å²) in [6, 6.07) is 8.46. The van der Waals surface area contributed by atoms with E-state index in [1.807, 2.05) is 11.8 Å². The molecule has 0 saturated carbocycles. The molecule has 2 amide bonds. The Morgan fingerprint density at radius 3 is 2.23 bits per heavy atom. The van der Waals surface area contributed by atoms with Gasteiger partial charge in [-0.05, 0) is 56.3 Å². The average molecular weight is 588 g/mol. The number of benzene rings is 1. The Labute approximate surface area is 223 Å². The first-order valence-corrected chi connectivity index (χ1v) is 14.7. The zero-order valence-electron chi connectivity index (χ0n) is 19.4. The van der Waals surface area contributed by atoms with Gasteiger partial charge in [0, 0.05) is 44.1 Å². The summed E-state index contributed by atoms with van der Waals surface area (Å²) < 4.78 is 51.4. The van der Waals surface area contributed by atoms with E-state index in [9.17, 15) is 21.6 Å². The zero-order chi connectivity index (χ0) is 24.1. The molecule has 0 unspecified atom stereocenters. The highest BCUT2D eigenvalue weighted by Gasteiger charge is 2.23. The first-order valence-electron chi connectivity index (χ1n) is 10.8. The zero-order valence-corrected chi connectivity index (χ0v) is 23.5. The lowest BCUT2D eigenvalue weighted by Crippen LogP contribution is -2.42. The Morgan fingerprint density at radius 2 is 1.63 bits per heavy atom. The van der Waals surface area contributed by atoms with E-state index in [-0.39, 0.29) is 57.1 Å². The smallest absolute Gasteiger partial charge is 0.317 e. The van der Waals surface area contributed by atoms with Crippen molar-refractivity contribution >= 4 is 61.9 Å². The molecule has 1 aliphatic rings. The third kappa shape index (κ3) is 8.04. The molecule has 3 rings (SSSR count). The summed E-state index contributed by atoms with van der Waals surface area (Å²) in [5, 5.41) is 2.79. The second kappa shape index (κ2) is 13.8. The molecule has 1 fully saturated rings. The van der Waals surface area contributed by atoms with Crippen LogP contribution in [0.4, 0.5) is 4.79 Å². The summed E-state index contributed by atoms with van der Waals surface area (Å²) in [4.78, 5) is 16.7. The second-order valence-electron chi connectivity index (χ2n) is 7.74. The van der Waals surface area contributed by atoms with Crippen LogP contribution in [-0.2, 0) is 26.2 Å². The summed E-state index contributed by atoms with van der Waals surface area (Å²) in [6.07, 6.45) is 0.776. The maximum Gasteiger partial charge on any atom is 0.317 e. The molecule has 0 aliphatic carbocycles. The minimum Gasteiger partial charge on any atom is -0.338 e. The van der Waals surface area contributed by atoms with Crippen LogP contribution in [0.1, 0.15) is 18.2 Å². The van der Waals surface area contributed by atoms with E-state index < -0.39 is 19.7 Å². The maximum absolute atomic E-state index is 12.8. The van der Waals surface area contributed by atoms with E-state index in [0.29, 0.717) is 39.3 Å². The third-order valence-electron chi connectivity index (χ3n) is 5.48. The molecule has 35 heavy (non-hydrogen) atoms. The van der Waals surface area contributed by atoms with Crippen molar-refractivity contribution in [3.05, 3.63) is 41.3 Å². The maximum atomic E-state index is 12.8. The number of nitrogens with zero attached hydrogens (tertiary/aromatic N) is 2. The van der Waals surface area contributed by atoms with Crippen molar-refractivity contribution in [3.8, 4) is 0 Å². The molecular weight excluding hydrogens is 555 g/mol. The van der Waals surface area contributed by atoms with Gasteiger partial charge < -0.3 is 20.9 Å². The number of hydrogen-bond donors (Lipinski definition) is 2. The molecule has 0 atom stereocenters. The average Bonchev–Trinajstić information content (AvgIpc) is 3.17. The minimum absolute atomic E-state index is 0. The number of nitrogens with two attached hydrogens (primary N) is 1. The Kier molecular flexibility index (Phi) is 12.4. The van der Waals surface area contributed by atoms with Crippen LogP contribution < -0.4 is 11.1 Å². The van der Waals surface area contributed by atoms with Crippen molar-refractivity contribution in [2.24, 2.45) is 5.73 Å². The quantitative estimate of drug-likeness (QED) is 0.485. The molecule has 2 aromatic rings. The number of thiophene rings is 1. The van der Waals surface area contributed by atoms with Crippen LogP contribution in [0.25, 0.3) is 0 Å². The number of carbonyl (C=O) groups is 1. The lowest BCUT2D eigenvalue weighted by Gasteiger charge is -2.22.